The summed E-state index contributed by atoms with van der Waals surface area (Å²) in [6, 6.07) is 5.87. The summed E-state index contributed by atoms with van der Waals surface area (Å²) in [5.41, 5.74) is -0.350. The number of rotatable bonds is 4. The minimum Gasteiger partial charge on any atom is -0.378 e. The number of halogens is 3. The van der Waals surface area contributed by atoms with Crippen molar-refractivity contribution in [2.45, 2.75) is 45.5 Å². The molecule has 0 saturated carbocycles. The summed E-state index contributed by atoms with van der Waals surface area (Å²) in [4.78, 5) is 11.8. The number of hydrogen-bond acceptors (Lipinski definition) is 2. The fourth-order valence-electron chi connectivity index (χ4n) is 1.90. The molecule has 21 heavy (non-hydrogen) atoms. The molecule has 1 aromatic rings. The Morgan fingerprint density at radius 3 is 2.14 bits per heavy atom. The van der Waals surface area contributed by atoms with E-state index in [1.54, 1.807) is 39.0 Å². The molecule has 0 radical (unpaired) electrons. The smallest absolute Gasteiger partial charge is 0.378 e. The van der Waals surface area contributed by atoms with E-state index in [2.05, 4.69) is 0 Å². The molecule has 118 valence electrons. The molecule has 1 aromatic carbocycles. The van der Waals surface area contributed by atoms with Gasteiger partial charge in [0.2, 0.25) is 0 Å². The van der Waals surface area contributed by atoms with Gasteiger partial charge in [-0.2, -0.15) is 13.2 Å². The van der Waals surface area contributed by atoms with Gasteiger partial charge in [0, 0.05) is 0 Å². The number of benzene rings is 1. The fraction of sp³-hybridized carbons (Fsp3) is 0.533. The number of carbonyl (C=O) groups is 1. The second-order valence-electron chi connectivity index (χ2n) is 6.18. The molecule has 1 amide bonds. The lowest BCUT2D eigenvalue weighted by molar-refractivity contribution is -0.169. The number of alkyl halides is 3. The minimum absolute atomic E-state index is 0.256. The first-order valence-corrected chi connectivity index (χ1v) is 6.61. The van der Waals surface area contributed by atoms with Crippen molar-refractivity contribution in [2.24, 2.45) is 5.41 Å². The first-order valence-electron chi connectivity index (χ1n) is 6.61. The third-order valence-electron chi connectivity index (χ3n) is 2.89. The average molecular weight is 303 g/mol. The highest BCUT2D eigenvalue weighted by molar-refractivity contribution is 5.82. The van der Waals surface area contributed by atoms with Crippen molar-refractivity contribution >= 4 is 5.91 Å². The van der Waals surface area contributed by atoms with Gasteiger partial charge in [0.25, 0.3) is 5.91 Å². The molecule has 0 fully saturated rings. The van der Waals surface area contributed by atoms with Crippen LogP contribution >= 0.6 is 0 Å². The van der Waals surface area contributed by atoms with Gasteiger partial charge >= 0.3 is 6.18 Å². The zero-order valence-electron chi connectivity index (χ0n) is 12.2. The summed E-state index contributed by atoms with van der Waals surface area (Å²) in [7, 11) is 0. The van der Waals surface area contributed by atoms with Gasteiger partial charge in [-0.25, -0.2) is 0 Å². The van der Waals surface area contributed by atoms with Gasteiger partial charge in [-0.05, 0) is 17.4 Å². The van der Waals surface area contributed by atoms with Crippen LogP contribution in [-0.4, -0.2) is 23.2 Å². The van der Waals surface area contributed by atoms with Crippen molar-refractivity contribution in [3.63, 3.8) is 0 Å². The summed E-state index contributed by atoms with van der Waals surface area (Å²) in [5.74, 6) is -1.05. The first kappa shape index (κ1) is 17.5. The molecule has 0 aliphatic carbocycles. The summed E-state index contributed by atoms with van der Waals surface area (Å²) in [5, 5.41) is 11.7. The van der Waals surface area contributed by atoms with Gasteiger partial charge in [0.05, 0.1) is 0 Å². The summed E-state index contributed by atoms with van der Waals surface area (Å²) >= 11 is 0. The van der Waals surface area contributed by atoms with Gasteiger partial charge < -0.3 is 10.4 Å². The van der Waals surface area contributed by atoms with Gasteiger partial charge in [-0.15, -0.1) is 0 Å². The molecule has 2 unspecified atom stereocenters. The van der Waals surface area contributed by atoms with Crippen LogP contribution in [0, 0.1) is 5.41 Å². The highest BCUT2D eigenvalue weighted by Gasteiger charge is 2.43. The van der Waals surface area contributed by atoms with Crippen LogP contribution in [0.25, 0.3) is 0 Å². The summed E-state index contributed by atoms with van der Waals surface area (Å²) in [6.45, 7) is 4.97. The van der Waals surface area contributed by atoms with E-state index < -0.39 is 29.6 Å². The summed E-state index contributed by atoms with van der Waals surface area (Å²) in [6.07, 6.45) is -6.43. The van der Waals surface area contributed by atoms with Crippen molar-refractivity contribution in [3.05, 3.63) is 35.9 Å². The lowest BCUT2D eigenvalue weighted by Crippen LogP contribution is -2.48. The first-order chi connectivity index (χ1) is 9.50. The Labute approximate surface area is 122 Å². The molecule has 0 bridgehead atoms. The Balaban J connectivity index is 2.81. The van der Waals surface area contributed by atoms with Crippen LogP contribution in [0.2, 0.25) is 0 Å². The third kappa shape index (κ3) is 5.75. The van der Waals surface area contributed by atoms with Crippen LogP contribution in [0.5, 0.6) is 0 Å². The molecule has 0 aromatic heterocycles. The molecule has 0 saturated heterocycles. The van der Waals surface area contributed by atoms with Crippen LogP contribution in [0.3, 0.4) is 0 Å². The van der Waals surface area contributed by atoms with Crippen LogP contribution in [0.1, 0.15) is 38.9 Å². The number of carbonyl (C=O) groups excluding carboxylic acids is 1. The van der Waals surface area contributed by atoms with E-state index in [9.17, 15) is 23.1 Å². The molecule has 2 N–H and O–H groups in total. The molecule has 0 aliphatic heterocycles. The largest absolute Gasteiger partial charge is 0.408 e. The van der Waals surface area contributed by atoms with E-state index in [1.807, 2.05) is 5.32 Å². The van der Waals surface area contributed by atoms with Crippen molar-refractivity contribution in [2.75, 3.05) is 0 Å². The predicted octanol–water partition coefficient (Wildman–Crippen LogP) is 3.20. The Kier molecular flexibility index (Phi) is 5.39. The fourth-order valence-corrected chi connectivity index (χ4v) is 1.90. The number of hydrogen-bond donors (Lipinski definition) is 2. The van der Waals surface area contributed by atoms with E-state index in [1.165, 1.54) is 12.1 Å². The maximum atomic E-state index is 13.0. The highest BCUT2D eigenvalue weighted by atomic mass is 19.4. The van der Waals surface area contributed by atoms with Crippen molar-refractivity contribution < 1.29 is 23.1 Å². The van der Waals surface area contributed by atoms with E-state index in [0.717, 1.165) is 0 Å². The predicted molar refractivity (Wildman–Crippen MR) is 73.5 cm³/mol. The molecule has 2 atom stereocenters. The zero-order valence-corrected chi connectivity index (χ0v) is 12.2. The van der Waals surface area contributed by atoms with Crippen molar-refractivity contribution in [1.29, 1.82) is 0 Å². The lowest BCUT2D eigenvalue weighted by Gasteiger charge is -2.29. The van der Waals surface area contributed by atoms with Crippen LogP contribution in [-0.2, 0) is 4.79 Å². The van der Waals surface area contributed by atoms with E-state index >= 15 is 0 Å². The maximum Gasteiger partial charge on any atom is 0.408 e. The molecule has 6 heteroatoms. The monoisotopic (exact) mass is 303 g/mol. The minimum atomic E-state index is -4.56. The van der Waals surface area contributed by atoms with Crippen LogP contribution in [0.4, 0.5) is 13.2 Å². The highest BCUT2D eigenvalue weighted by Crippen LogP contribution is 2.31. The normalized spacial score (nSPS) is 15.4. The molecule has 0 heterocycles. The Morgan fingerprint density at radius 2 is 1.71 bits per heavy atom. The van der Waals surface area contributed by atoms with E-state index in [-0.39, 0.29) is 12.0 Å². The summed E-state index contributed by atoms with van der Waals surface area (Å²) < 4.78 is 38.9. The SMILES string of the molecule is CC(C)(C)CC(NC(=O)C(O)c1ccccc1)C(F)(F)F. The van der Waals surface area contributed by atoms with E-state index in [0.29, 0.717) is 0 Å². The zero-order chi connectivity index (χ0) is 16.3. The Bertz CT molecular complexity index is 466. The molecule has 0 spiro atoms. The molecular weight excluding hydrogens is 283 g/mol. The van der Waals surface area contributed by atoms with Gasteiger partial charge in [-0.3, -0.25) is 4.79 Å². The lowest BCUT2D eigenvalue weighted by atomic mass is 9.87. The van der Waals surface area contributed by atoms with Crippen molar-refractivity contribution in [3.8, 4) is 0 Å². The molecule has 3 nitrogen and oxygen atoms in total. The number of aliphatic hydroxyl groups excluding tert-OH is 1. The second kappa shape index (κ2) is 6.47. The van der Waals surface area contributed by atoms with E-state index in [4.69, 9.17) is 0 Å². The Hall–Kier alpha value is -1.56. The van der Waals surface area contributed by atoms with Crippen molar-refractivity contribution in [1.82, 2.24) is 5.32 Å². The molecule has 1 rings (SSSR count). The van der Waals surface area contributed by atoms with Gasteiger partial charge in [-0.1, -0.05) is 51.1 Å². The second-order valence-corrected chi connectivity index (χ2v) is 6.18. The number of aliphatic hydroxyl groups is 1. The number of amides is 1. The molecular formula is C15H20F3NO2. The number of nitrogens with one attached hydrogen (secondary N) is 1. The standard InChI is InChI=1S/C15H20F3NO2/c1-14(2,3)9-11(15(16,17)18)19-13(21)12(20)10-7-5-4-6-8-10/h4-8,11-12,20H,9H2,1-3H3,(H,19,21). The molecule has 0 aliphatic rings. The maximum absolute atomic E-state index is 13.0. The van der Waals surface area contributed by atoms with Gasteiger partial charge in [0.1, 0.15) is 6.04 Å². The quantitative estimate of drug-likeness (QED) is 0.897. The topological polar surface area (TPSA) is 49.3 Å². The van der Waals surface area contributed by atoms with Crippen LogP contribution in [0.15, 0.2) is 30.3 Å². The average Bonchev–Trinajstić information content (AvgIpc) is 2.35. The van der Waals surface area contributed by atoms with Gasteiger partial charge in [0.15, 0.2) is 6.10 Å². The third-order valence-corrected chi connectivity index (χ3v) is 2.89. The Morgan fingerprint density at radius 1 is 1.19 bits per heavy atom. The van der Waals surface area contributed by atoms with Crippen LogP contribution < -0.4 is 5.32 Å².